The fraction of sp³-hybridized carbons (Fsp3) is 0.320. The molecule has 5 nitrogen and oxygen atoms in total. The van der Waals surface area contributed by atoms with E-state index in [2.05, 4.69) is 10.8 Å². The average Bonchev–Trinajstić information content (AvgIpc) is 3.16. The minimum atomic E-state index is -3.71. The molecule has 1 heterocycles. The summed E-state index contributed by atoms with van der Waals surface area (Å²) in [6, 6.07) is 9.02. The molecule has 0 fully saturated rings. The van der Waals surface area contributed by atoms with Gasteiger partial charge in [-0.05, 0) is 62.6 Å². The molecule has 9 heteroatoms. The molecule has 34 heavy (non-hydrogen) atoms. The molecule has 1 aliphatic carbocycles. The van der Waals surface area contributed by atoms with Gasteiger partial charge in [0.25, 0.3) is 0 Å². The van der Waals surface area contributed by atoms with E-state index in [1.54, 1.807) is 12.1 Å². The fourth-order valence-corrected chi connectivity index (χ4v) is 6.80. The maximum Gasteiger partial charge on any atom is 0.241 e. The van der Waals surface area contributed by atoms with Gasteiger partial charge in [0, 0.05) is 22.4 Å². The quantitative estimate of drug-likeness (QED) is 0.455. The van der Waals surface area contributed by atoms with E-state index < -0.39 is 10.0 Å². The highest BCUT2D eigenvalue weighted by molar-refractivity contribution is 7.89. The van der Waals surface area contributed by atoms with Gasteiger partial charge in [0.05, 0.1) is 33.9 Å². The van der Waals surface area contributed by atoms with Gasteiger partial charge in [-0.15, -0.1) is 0 Å². The Bertz CT molecular complexity index is 1300. The minimum Gasteiger partial charge on any atom is -0.260 e. The second kappa shape index (κ2) is 10.0. The van der Waals surface area contributed by atoms with Gasteiger partial charge < -0.3 is 0 Å². The van der Waals surface area contributed by atoms with Crippen molar-refractivity contribution in [2.24, 2.45) is 11.0 Å². The number of hydrazone groups is 1. The van der Waals surface area contributed by atoms with Crippen molar-refractivity contribution in [1.82, 2.24) is 4.72 Å². The lowest BCUT2D eigenvalue weighted by molar-refractivity contribution is 0.499. The Hall–Kier alpha value is -1.83. The summed E-state index contributed by atoms with van der Waals surface area (Å²) in [6.45, 7) is 5.70. The van der Waals surface area contributed by atoms with E-state index in [0.717, 1.165) is 34.5 Å². The van der Waals surface area contributed by atoms with Gasteiger partial charge >= 0.3 is 0 Å². The monoisotopic (exact) mass is 537 g/mol. The summed E-state index contributed by atoms with van der Waals surface area (Å²) in [7, 11) is -3.71. The van der Waals surface area contributed by atoms with Gasteiger partial charge in [-0.2, -0.15) is 5.10 Å². The predicted octanol–water partition coefficient (Wildman–Crippen LogP) is 6.53. The topological polar surface area (TPSA) is 61.8 Å². The third-order valence-corrected chi connectivity index (χ3v) is 8.61. The number of nitrogens with one attached hydrogen (secondary N) is 1. The van der Waals surface area contributed by atoms with Crippen molar-refractivity contribution in [1.29, 1.82) is 0 Å². The van der Waals surface area contributed by atoms with Crippen molar-refractivity contribution in [3.63, 3.8) is 0 Å². The maximum atomic E-state index is 13.2. The lowest BCUT2D eigenvalue weighted by Gasteiger charge is -2.30. The summed E-state index contributed by atoms with van der Waals surface area (Å²) >= 11 is 18.7. The molecule has 0 saturated heterocycles. The van der Waals surface area contributed by atoms with Crippen LogP contribution in [0, 0.1) is 26.7 Å². The van der Waals surface area contributed by atoms with Gasteiger partial charge in [-0.3, -0.25) is 5.01 Å². The Morgan fingerprint density at radius 2 is 1.79 bits per heavy atom. The van der Waals surface area contributed by atoms with Gasteiger partial charge in [0.2, 0.25) is 10.0 Å². The van der Waals surface area contributed by atoms with E-state index in [0.29, 0.717) is 26.4 Å². The van der Waals surface area contributed by atoms with Crippen LogP contribution in [0.4, 0.5) is 5.69 Å². The summed E-state index contributed by atoms with van der Waals surface area (Å²) in [5.74, 6) is 0.147. The molecule has 0 amide bonds. The van der Waals surface area contributed by atoms with Crippen LogP contribution >= 0.6 is 34.8 Å². The van der Waals surface area contributed by atoms with E-state index in [1.165, 1.54) is 0 Å². The van der Waals surface area contributed by atoms with Gasteiger partial charge in [0.1, 0.15) is 0 Å². The number of hydrogen-bond acceptors (Lipinski definition) is 4. The van der Waals surface area contributed by atoms with E-state index in [9.17, 15) is 8.42 Å². The number of rotatable bonds is 6. The van der Waals surface area contributed by atoms with Crippen molar-refractivity contribution in [3.8, 4) is 0 Å². The molecule has 2 aromatic carbocycles. The van der Waals surface area contributed by atoms with Crippen LogP contribution in [0.25, 0.3) is 0 Å². The van der Waals surface area contributed by atoms with Crippen LogP contribution in [0.5, 0.6) is 0 Å². The molecule has 180 valence electrons. The van der Waals surface area contributed by atoms with Gasteiger partial charge in [-0.1, -0.05) is 64.7 Å². The summed E-state index contributed by atoms with van der Waals surface area (Å²) < 4.78 is 29.1. The summed E-state index contributed by atoms with van der Waals surface area (Å²) in [5.41, 5.74) is 3.94. The van der Waals surface area contributed by atoms with Crippen LogP contribution in [0.2, 0.25) is 10.0 Å². The second-order valence-corrected chi connectivity index (χ2v) is 11.8. The highest BCUT2D eigenvalue weighted by Gasteiger charge is 2.35. The first kappa shape index (κ1) is 25.3. The molecule has 1 aliphatic heterocycles. The molecule has 0 aromatic heterocycles. The number of aryl methyl sites for hydroxylation is 3. The number of hydrogen-bond donors (Lipinski definition) is 1. The van der Waals surface area contributed by atoms with Crippen molar-refractivity contribution in [2.45, 2.75) is 44.6 Å². The standard InChI is InChI=1S/C25H26Cl3N3O2S/c1-15-10-16(2)25(17(3)11-15)34(32,33)29-14-21-13-24(18-4-6-19(26)7-5-18)31(30-21)23-9-8-20(27)12-22(23)28/h4,6-12,18,24,29H,5,13-14H2,1-3H3/t18-,24?/m1/s1. The normalized spacial score (nSPS) is 20.5. The van der Waals surface area contributed by atoms with Gasteiger partial charge in [0.15, 0.2) is 0 Å². The summed E-state index contributed by atoms with van der Waals surface area (Å²) in [4.78, 5) is 0.320. The molecule has 0 bridgehead atoms. The van der Waals surface area contributed by atoms with Crippen LogP contribution < -0.4 is 9.73 Å². The Morgan fingerprint density at radius 1 is 1.09 bits per heavy atom. The molecule has 0 radical (unpaired) electrons. The van der Waals surface area contributed by atoms with Crippen LogP contribution in [0.3, 0.4) is 0 Å². The van der Waals surface area contributed by atoms with Crippen molar-refractivity contribution >= 4 is 56.2 Å². The number of allylic oxidation sites excluding steroid dienone is 3. The summed E-state index contributed by atoms with van der Waals surface area (Å²) in [6.07, 6.45) is 7.30. The van der Waals surface area contributed by atoms with Crippen LogP contribution in [0.15, 0.2) is 63.6 Å². The second-order valence-electron chi connectivity index (χ2n) is 8.78. The molecule has 0 saturated carbocycles. The molecule has 1 N–H and O–H groups in total. The lowest BCUT2D eigenvalue weighted by atomic mass is 9.89. The molecule has 2 aromatic rings. The average molecular weight is 539 g/mol. The highest BCUT2D eigenvalue weighted by atomic mass is 35.5. The Kier molecular flexibility index (Phi) is 7.46. The Labute approximate surface area is 216 Å². The van der Waals surface area contributed by atoms with Gasteiger partial charge in [-0.25, -0.2) is 13.1 Å². The molecular formula is C25H26Cl3N3O2S. The van der Waals surface area contributed by atoms with Crippen LogP contribution in [0.1, 0.15) is 29.5 Å². The molecule has 2 aliphatic rings. The third-order valence-electron chi connectivity index (χ3n) is 6.09. The molecule has 2 atom stereocenters. The maximum absolute atomic E-state index is 13.2. The molecule has 1 unspecified atom stereocenters. The minimum absolute atomic E-state index is 0.0294. The number of halogens is 3. The largest absolute Gasteiger partial charge is 0.260 e. The summed E-state index contributed by atoms with van der Waals surface area (Å²) in [5, 5.41) is 8.41. The Balaban J connectivity index is 1.60. The predicted molar refractivity (Wildman–Crippen MR) is 142 cm³/mol. The number of anilines is 1. The van der Waals surface area contributed by atoms with E-state index in [-0.39, 0.29) is 18.5 Å². The lowest BCUT2D eigenvalue weighted by Crippen LogP contribution is -2.34. The first-order valence-corrected chi connectivity index (χ1v) is 13.6. The van der Waals surface area contributed by atoms with E-state index in [4.69, 9.17) is 39.9 Å². The highest BCUT2D eigenvalue weighted by Crippen LogP contribution is 2.38. The zero-order valence-corrected chi connectivity index (χ0v) is 22.2. The van der Waals surface area contributed by atoms with Crippen molar-refractivity contribution < 1.29 is 8.42 Å². The van der Waals surface area contributed by atoms with Crippen LogP contribution in [-0.2, 0) is 10.0 Å². The third kappa shape index (κ3) is 5.37. The number of sulfonamides is 1. The Morgan fingerprint density at radius 3 is 2.41 bits per heavy atom. The zero-order chi connectivity index (χ0) is 24.6. The SMILES string of the molecule is Cc1cc(C)c(S(=O)(=O)NCC2=NN(c3ccc(Cl)cc3Cl)C([C@@H]3C=CC(Cl)=CC3)C2)c(C)c1. The smallest absolute Gasteiger partial charge is 0.241 e. The van der Waals surface area contributed by atoms with Crippen LogP contribution in [-0.4, -0.2) is 26.7 Å². The molecule has 4 rings (SSSR count). The number of nitrogens with zero attached hydrogens (tertiary/aromatic N) is 2. The zero-order valence-electron chi connectivity index (χ0n) is 19.1. The van der Waals surface area contributed by atoms with Crippen molar-refractivity contribution in [3.05, 3.63) is 80.3 Å². The fourth-order valence-electron chi connectivity index (χ4n) is 4.67. The van der Waals surface area contributed by atoms with Crippen molar-refractivity contribution in [2.75, 3.05) is 11.6 Å². The van der Waals surface area contributed by atoms with E-state index in [1.807, 2.05) is 56.1 Å². The van der Waals surface area contributed by atoms with E-state index >= 15 is 0 Å². The molecule has 0 spiro atoms. The molecular weight excluding hydrogens is 513 g/mol. The number of benzene rings is 2. The first-order valence-electron chi connectivity index (χ1n) is 11.0. The first-order chi connectivity index (χ1) is 16.0.